The minimum absolute atomic E-state index is 0.135. The van der Waals surface area contributed by atoms with Gasteiger partial charge in [0.25, 0.3) is 5.91 Å². The Morgan fingerprint density at radius 3 is 2.28 bits per heavy atom. The van der Waals surface area contributed by atoms with Crippen LogP contribution < -0.4 is 10.6 Å². The highest BCUT2D eigenvalue weighted by Gasteiger charge is 2.49. The lowest BCUT2D eigenvalue weighted by Gasteiger charge is -2.41. The SMILES string of the molecule is CCC1(CC)NC(=O)N(CC(=O)NCC(C)(C)N2CCCCC2)C1=O. The van der Waals surface area contributed by atoms with Crippen LogP contribution in [0.4, 0.5) is 4.79 Å². The highest BCUT2D eigenvalue weighted by molar-refractivity contribution is 6.08. The average molecular weight is 352 g/mol. The van der Waals surface area contributed by atoms with Crippen LogP contribution in [0.15, 0.2) is 0 Å². The molecule has 0 spiro atoms. The van der Waals surface area contributed by atoms with Crippen LogP contribution in [0.1, 0.15) is 59.8 Å². The van der Waals surface area contributed by atoms with Crippen molar-refractivity contribution in [1.29, 1.82) is 0 Å². The largest absolute Gasteiger partial charge is 0.353 e. The Balaban J connectivity index is 1.89. The third-order valence-electron chi connectivity index (χ3n) is 5.69. The third-order valence-corrected chi connectivity index (χ3v) is 5.69. The monoisotopic (exact) mass is 352 g/mol. The van der Waals surface area contributed by atoms with E-state index >= 15 is 0 Å². The summed E-state index contributed by atoms with van der Waals surface area (Å²) in [5.74, 6) is -0.593. The van der Waals surface area contributed by atoms with Crippen LogP contribution in [-0.2, 0) is 9.59 Å². The van der Waals surface area contributed by atoms with Gasteiger partial charge in [0.1, 0.15) is 12.1 Å². The highest BCUT2D eigenvalue weighted by Crippen LogP contribution is 2.24. The first-order valence-electron chi connectivity index (χ1n) is 9.41. The molecule has 2 heterocycles. The fraction of sp³-hybridized carbons (Fsp3) is 0.833. The Kier molecular flexibility index (Phi) is 6.08. The maximum atomic E-state index is 12.5. The summed E-state index contributed by atoms with van der Waals surface area (Å²) >= 11 is 0. The number of hydrogen-bond donors (Lipinski definition) is 2. The van der Waals surface area contributed by atoms with Gasteiger partial charge in [-0.25, -0.2) is 4.79 Å². The maximum Gasteiger partial charge on any atom is 0.325 e. The van der Waals surface area contributed by atoms with Gasteiger partial charge in [0.15, 0.2) is 0 Å². The molecule has 2 N–H and O–H groups in total. The predicted molar refractivity (Wildman–Crippen MR) is 96.1 cm³/mol. The number of hydrogen-bond acceptors (Lipinski definition) is 4. The van der Waals surface area contributed by atoms with Crippen molar-refractivity contribution >= 4 is 17.8 Å². The van der Waals surface area contributed by atoms with Crippen molar-refractivity contribution in [3.8, 4) is 0 Å². The zero-order valence-corrected chi connectivity index (χ0v) is 16.0. The van der Waals surface area contributed by atoms with Crippen LogP contribution in [0.5, 0.6) is 0 Å². The van der Waals surface area contributed by atoms with Gasteiger partial charge in [0.05, 0.1) is 0 Å². The number of carbonyl (C=O) groups is 3. The van der Waals surface area contributed by atoms with Crippen LogP contribution in [0.2, 0.25) is 0 Å². The normalized spacial score (nSPS) is 21.4. The molecular formula is C18H32N4O3. The minimum Gasteiger partial charge on any atom is -0.353 e. The smallest absolute Gasteiger partial charge is 0.325 e. The molecule has 4 amide bonds. The summed E-state index contributed by atoms with van der Waals surface area (Å²) in [5, 5.41) is 5.64. The first kappa shape index (κ1) is 19.7. The van der Waals surface area contributed by atoms with E-state index in [4.69, 9.17) is 0 Å². The van der Waals surface area contributed by atoms with Gasteiger partial charge in [-0.3, -0.25) is 19.4 Å². The predicted octanol–water partition coefficient (Wildman–Crippen LogP) is 1.48. The number of nitrogens with one attached hydrogen (secondary N) is 2. The molecule has 2 aliphatic heterocycles. The first-order valence-corrected chi connectivity index (χ1v) is 9.41. The number of imide groups is 1. The number of carbonyl (C=O) groups excluding carboxylic acids is 3. The summed E-state index contributed by atoms with van der Waals surface area (Å²) in [6.45, 7) is 10.3. The lowest BCUT2D eigenvalue weighted by Crippen LogP contribution is -2.54. The van der Waals surface area contributed by atoms with E-state index < -0.39 is 11.6 Å². The van der Waals surface area contributed by atoms with Gasteiger partial charge in [-0.1, -0.05) is 20.3 Å². The fourth-order valence-electron chi connectivity index (χ4n) is 3.67. The quantitative estimate of drug-likeness (QED) is 0.680. The van der Waals surface area contributed by atoms with Gasteiger partial charge in [0.2, 0.25) is 5.91 Å². The summed E-state index contributed by atoms with van der Waals surface area (Å²) in [6, 6.07) is -0.473. The molecule has 0 radical (unpaired) electrons. The van der Waals surface area contributed by atoms with Gasteiger partial charge >= 0.3 is 6.03 Å². The molecule has 0 aromatic heterocycles. The molecule has 0 unspecified atom stereocenters. The second-order valence-electron chi connectivity index (χ2n) is 7.75. The van der Waals surface area contributed by atoms with Gasteiger partial charge in [-0.05, 0) is 52.6 Å². The van der Waals surface area contributed by atoms with Crippen molar-refractivity contribution in [3.05, 3.63) is 0 Å². The molecular weight excluding hydrogens is 320 g/mol. The van der Waals surface area contributed by atoms with Gasteiger partial charge in [-0.15, -0.1) is 0 Å². The molecule has 2 aliphatic rings. The molecule has 7 nitrogen and oxygen atoms in total. The molecule has 7 heteroatoms. The number of rotatable bonds is 7. The standard InChI is InChI=1S/C18H32N4O3/c1-5-18(6-2)15(24)22(16(25)20-18)12-14(23)19-13-17(3,4)21-10-8-7-9-11-21/h5-13H2,1-4H3,(H,19,23)(H,20,25). The Bertz CT molecular complexity index is 522. The van der Waals surface area contributed by atoms with Gasteiger partial charge in [0, 0.05) is 12.1 Å². The number of urea groups is 1. The average Bonchev–Trinajstić information content (AvgIpc) is 2.85. The topological polar surface area (TPSA) is 81.8 Å². The second kappa shape index (κ2) is 7.72. The molecule has 25 heavy (non-hydrogen) atoms. The van der Waals surface area contributed by atoms with E-state index in [2.05, 4.69) is 29.4 Å². The van der Waals surface area contributed by atoms with Crippen molar-refractivity contribution in [2.24, 2.45) is 0 Å². The van der Waals surface area contributed by atoms with E-state index in [0.717, 1.165) is 18.0 Å². The highest BCUT2D eigenvalue weighted by atomic mass is 16.2. The van der Waals surface area contributed by atoms with Gasteiger partial charge < -0.3 is 10.6 Å². The Hall–Kier alpha value is -1.63. The number of nitrogens with zero attached hydrogens (tertiary/aromatic N) is 2. The number of amides is 4. The fourth-order valence-corrected chi connectivity index (χ4v) is 3.67. The molecule has 0 aromatic rings. The maximum absolute atomic E-state index is 12.5. The van der Waals surface area contributed by atoms with Crippen LogP contribution in [0.25, 0.3) is 0 Å². The van der Waals surface area contributed by atoms with Crippen molar-refractivity contribution in [3.63, 3.8) is 0 Å². The Morgan fingerprint density at radius 2 is 1.76 bits per heavy atom. The zero-order chi connectivity index (χ0) is 18.7. The van der Waals surface area contributed by atoms with Crippen LogP contribution in [-0.4, -0.2) is 64.9 Å². The summed E-state index contributed by atoms with van der Waals surface area (Å²) in [5.41, 5.74) is -0.992. The molecule has 2 fully saturated rings. The Morgan fingerprint density at radius 1 is 1.16 bits per heavy atom. The van der Waals surface area contributed by atoms with E-state index in [-0.39, 0.29) is 23.9 Å². The molecule has 0 bridgehead atoms. The summed E-state index contributed by atoms with van der Waals surface area (Å²) in [6.07, 6.45) is 4.69. The van der Waals surface area contributed by atoms with Crippen LogP contribution >= 0.6 is 0 Å². The van der Waals surface area contributed by atoms with E-state index in [1.54, 1.807) is 0 Å². The lowest BCUT2D eigenvalue weighted by atomic mass is 9.93. The Labute approximate surface area is 150 Å². The van der Waals surface area contributed by atoms with Crippen LogP contribution in [0, 0.1) is 0 Å². The van der Waals surface area contributed by atoms with E-state index in [1.807, 2.05) is 13.8 Å². The first-order chi connectivity index (χ1) is 11.8. The second-order valence-corrected chi connectivity index (χ2v) is 7.75. The molecule has 0 aromatic carbocycles. The molecule has 2 rings (SSSR count). The zero-order valence-electron chi connectivity index (χ0n) is 16.0. The van der Waals surface area contributed by atoms with Crippen molar-refractivity contribution in [2.45, 2.75) is 70.9 Å². The third kappa shape index (κ3) is 4.14. The molecule has 0 saturated carbocycles. The van der Waals surface area contributed by atoms with Crippen molar-refractivity contribution < 1.29 is 14.4 Å². The van der Waals surface area contributed by atoms with Crippen molar-refractivity contribution in [1.82, 2.24) is 20.4 Å². The van der Waals surface area contributed by atoms with E-state index in [0.29, 0.717) is 19.4 Å². The summed E-state index contributed by atoms with van der Waals surface area (Å²) in [7, 11) is 0. The molecule has 0 aliphatic carbocycles. The minimum atomic E-state index is -0.857. The number of piperidine rings is 1. The summed E-state index contributed by atoms with van der Waals surface area (Å²) < 4.78 is 0. The van der Waals surface area contributed by atoms with E-state index in [1.165, 1.54) is 19.3 Å². The molecule has 0 atom stereocenters. The van der Waals surface area contributed by atoms with Crippen LogP contribution in [0.3, 0.4) is 0 Å². The van der Waals surface area contributed by atoms with E-state index in [9.17, 15) is 14.4 Å². The lowest BCUT2D eigenvalue weighted by molar-refractivity contribution is -0.135. The number of likely N-dealkylation sites (tertiary alicyclic amines) is 1. The van der Waals surface area contributed by atoms with Crippen molar-refractivity contribution in [2.75, 3.05) is 26.2 Å². The van der Waals surface area contributed by atoms with Gasteiger partial charge in [-0.2, -0.15) is 0 Å². The molecule has 2 saturated heterocycles. The molecule has 142 valence electrons. The summed E-state index contributed by atoms with van der Waals surface area (Å²) in [4.78, 5) is 40.4.